The van der Waals surface area contributed by atoms with E-state index >= 15 is 0 Å². The number of phenols is 1. The van der Waals surface area contributed by atoms with Gasteiger partial charge in [-0.1, -0.05) is 26.0 Å². The fraction of sp³-hybridized carbons (Fsp3) is 0.600. The molecule has 0 spiro atoms. The van der Waals surface area contributed by atoms with E-state index in [2.05, 4.69) is 18.8 Å². The van der Waals surface area contributed by atoms with Crippen molar-refractivity contribution in [3.05, 3.63) is 29.8 Å². The van der Waals surface area contributed by atoms with Crippen LogP contribution in [-0.4, -0.2) is 49.6 Å². The van der Waals surface area contributed by atoms with Gasteiger partial charge in [-0.2, -0.15) is 0 Å². The molecule has 1 rings (SSSR count). The number of carboxylic acid groups (broad SMARTS) is 1. The van der Waals surface area contributed by atoms with Gasteiger partial charge in [-0.05, 0) is 18.1 Å². The van der Waals surface area contributed by atoms with Crippen molar-refractivity contribution >= 4 is 33.3 Å². The molecule has 1 atom stereocenters. The van der Waals surface area contributed by atoms with Gasteiger partial charge in [0.25, 0.3) is 0 Å². The SMILES string of the molecule is CC(C)C(N=Cc1ccccc1O)C(=O)O.CCC[CH2][Sn][CH2]CCC. The van der Waals surface area contributed by atoms with Crippen molar-refractivity contribution in [3.63, 3.8) is 0 Å². The molecule has 0 aliphatic carbocycles. The summed E-state index contributed by atoms with van der Waals surface area (Å²) in [5.74, 6) is -0.944. The van der Waals surface area contributed by atoms with Gasteiger partial charge in [0.05, 0.1) is 0 Å². The first-order valence-corrected chi connectivity index (χ1v) is 13.2. The predicted molar refractivity (Wildman–Crippen MR) is 107 cm³/mol. The van der Waals surface area contributed by atoms with Gasteiger partial charge in [0.1, 0.15) is 11.8 Å². The van der Waals surface area contributed by atoms with Crippen LogP contribution in [0.3, 0.4) is 0 Å². The molecule has 0 fully saturated rings. The van der Waals surface area contributed by atoms with Crippen LogP contribution in [0.15, 0.2) is 29.3 Å². The summed E-state index contributed by atoms with van der Waals surface area (Å²) in [5, 5.41) is 18.4. The van der Waals surface area contributed by atoms with Crippen LogP contribution in [0.1, 0.15) is 58.9 Å². The number of unbranched alkanes of at least 4 members (excludes halogenated alkanes) is 2. The number of hydrogen-bond acceptors (Lipinski definition) is 3. The first-order valence-electron chi connectivity index (χ1n) is 9.18. The van der Waals surface area contributed by atoms with Gasteiger partial charge in [-0.3, -0.25) is 4.99 Å². The molecule has 0 bridgehead atoms. The van der Waals surface area contributed by atoms with Gasteiger partial charge < -0.3 is 10.2 Å². The van der Waals surface area contributed by atoms with E-state index < -0.39 is 12.0 Å². The van der Waals surface area contributed by atoms with Crippen molar-refractivity contribution in [1.82, 2.24) is 0 Å². The zero-order valence-electron chi connectivity index (χ0n) is 16.0. The molecule has 1 aromatic rings. The van der Waals surface area contributed by atoms with Crippen molar-refractivity contribution in [1.29, 1.82) is 0 Å². The van der Waals surface area contributed by atoms with E-state index in [1.807, 2.05) is 0 Å². The molecule has 5 heteroatoms. The average Bonchev–Trinajstić information content (AvgIpc) is 2.56. The molecular formula is C20H33NO3Sn. The molecule has 0 aliphatic rings. The maximum atomic E-state index is 10.9. The van der Waals surface area contributed by atoms with Crippen LogP contribution in [0.5, 0.6) is 5.75 Å². The van der Waals surface area contributed by atoms with Gasteiger partial charge in [0.15, 0.2) is 0 Å². The van der Waals surface area contributed by atoms with E-state index in [0.717, 1.165) is 0 Å². The van der Waals surface area contributed by atoms with Crippen LogP contribution < -0.4 is 0 Å². The fourth-order valence-corrected chi connectivity index (χ4v) is 6.17. The first kappa shape index (κ1) is 24.0. The number of aliphatic imine (C=N–C) groups is 1. The summed E-state index contributed by atoms with van der Waals surface area (Å²) in [5.41, 5.74) is 0.523. The number of phenolic OH excluding ortho intramolecular Hbond substituents is 1. The predicted octanol–water partition coefficient (Wildman–Crippen LogP) is 5.05. The maximum absolute atomic E-state index is 10.9. The molecule has 2 N–H and O–H groups in total. The van der Waals surface area contributed by atoms with Crippen LogP contribution in [-0.2, 0) is 4.79 Å². The molecule has 0 amide bonds. The monoisotopic (exact) mass is 455 g/mol. The van der Waals surface area contributed by atoms with Gasteiger partial charge in [0.2, 0.25) is 0 Å². The summed E-state index contributed by atoms with van der Waals surface area (Å²) in [6.07, 6.45) is 7.24. The van der Waals surface area contributed by atoms with Crippen molar-refractivity contribution in [2.45, 2.75) is 68.3 Å². The van der Waals surface area contributed by atoms with Crippen LogP contribution in [0.2, 0.25) is 8.87 Å². The molecule has 2 radical (unpaired) electrons. The third kappa shape index (κ3) is 12.0. The Morgan fingerprint density at radius 2 is 1.72 bits per heavy atom. The van der Waals surface area contributed by atoms with Gasteiger partial charge in [-0.15, -0.1) is 0 Å². The Bertz CT molecular complexity index is 497. The Morgan fingerprint density at radius 1 is 1.16 bits per heavy atom. The number of aliphatic carboxylic acids is 1. The third-order valence-corrected chi connectivity index (χ3v) is 7.65. The topological polar surface area (TPSA) is 69.9 Å². The number of hydrogen-bond donors (Lipinski definition) is 2. The zero-order valence-corrected chi connectivity index (χ0v) is 18.9. The van der Waals surface area contributed by atoms with Gasteiger partial charge >= 0.3 is 75.5 Å². The number of nitrogens with zero attached hydrogens (tertiary/aromatic N) is 1. The summed E-state index contributed by atoms with van der Waals surface area (Å²) < 4.78 is 3.25. The van der Waals surface area contributed by atoms with Crippen molar-refractivity contribution in [2.24, 2.45) is 10.9 Å². The van der Waals surface area contributed by atoms with Crippen LogP contribution in [0, 0.1) is 5.92 Å². The first-order chi connectivity index (χ1) is 11.9. The van der Waals surface area contributed by atoms with E-state index in [0.29, 0.717) is 5.56 Å². The molecule has 4 nitrogen and oxygen atoms in total. The molecule has 1 unspecified atom stereocenters. The summed E-state index contributed by atoms with van der Waals surface area (Å²) in [6.45, 7) is 8.17. The van der Waals surface area contributed by atoms with Crippen LogP contribution >= 0.6 is 0 Å². The van der Waals surface area contributed by atoms with E-state index in [9.17, 15) is 9.90 Å². The summed E-state index contributed by atoms with van der Waals surface area (Å²) in [6, 6.07) is 5.89. The normalized spacial score (nSPS) is 12.0. The molecule has 0 saturated heterocycles. The number of rotatable bonds is 10. The second kappa shape index (κ2) is 15.2. The van der Waals surface area contributed by atoms with Gasteiger partial charge in [0, 0.05) is 11.8 Å². The summed E-state index contributed by atoms with van der Waals surface area (Å²) in [7, 11) is 0. The van der Waals surface area contributed by atoms with Crippen molar-refractivity contribution in [2.75, 3.05) is 0 Å². The second-order valence-electron chi connectivity index (χ2n) is 6.32. The number of para-hydroxylation sites is 1. The number of benzene rings is 1. The van der Waals surface area contributed by atoms with Crippen molar-refractivity contribution < 1.29 is 15.0 Å². The zero-order chi connectivity index (χ0) is 19.1. The Morgan fingerprint density at radius 3 is 2.16 bits per heavy atom. The van der Waals surface area contributed by atoms with Crippen LogP contribution in [0.25, 0.3) is 0 Å². The van der Waals surface area contributed by atoms with Crippen molar-refractivity contribution in [3.8, 4) is 5.75 Å². The average molecular weight is 454 g/mol. The Kier molecular flexibility index (Phi) is 14.6. The van der Waals surface area contributed by atoms with E-state index in [1.54, 1.807) is 40.9 Å². The molecule has 0 aromatic heterocycles. The van der Waals surface area contributed by atoms with E-state index in [-0.39, 0.29) is 32.8 Å². The minimum atomic E-state index is -0.957. The molecular weight excluding hydrogens is 421 g/mol. The summed E-state index contributed by atoms with van der Waals surface area (Å²) in [4.78, 5) is 14.8. The Balaban J connectivity index is 0.000000547. The molecule has 140 valence electrons. The summed E-state index contributed by atoms with van der Waals surface area (Å²) >= 11 is 0.149. The quantitative estimate of drug-likeness (QED) is 0.296. The minimum absolute atomic E-state index is 0.0837. The van der Waals surface area contributed by atoms with E-state index in [4.69, 9.17) is 5.11 Å². The second-order valence-corrected chi connectivity index (χ2v) is 10.6. The molecule has 0 saturated carbocycles. The number of aromatic hydroxyl groups is 1. The molecule has 1 aromatic carbocycles. The van der Waals surface area contributed by atoms with E-state index in [1.165, 1.54) is 38.0 Å². The Labute approximate surface area is 163 Å². The standard InChI is InChI=1S/C12H15NO3.2C4H9.Sn/c1-8(2)11(12(15)16)13-7-9-5-3-4-6-10(9)14;2*1-3-4-2;/h3-8,11,14H,1-2H3,(H,15,16);2*1,3-4H2,2H3;. The molecule has 0 heterocycles. The number of carbonyl (C=O) groups is 1. The Hall–Kier alpha value is -1.04. The third-order valence-electron chi connectivity index (χ3n) is 3.61. The fourth-order valence-electron chi connectivity index (χ4n) is 2.01. The number of carboxylic acids is 1. The molecule has 25 heavy (non-hydrogen) atoms. The molecule has 0 aliphatic heterocycles. The van der Waals surface area contributed by atoms with Gasteiger partial charge in [-0.25, -0.2) is 4.79 Å². The van der Waals surface area contributed by atoms with Crippen LogP contribution in [0.4, 0.5) is 0 Å².